The van der Waals surface area contributed by atoms with Crippen molar-refractivity contribution in [1.29, 1.82) is 0 Å². The van der Waals surface area contributed by atoms with Gasteiger partial charge in [0.1, 0.15) is 0 Å². The van der Waals surface area contributed by atoms with E-state index >= 15 is 0 Å². The molecule has 0 saturated carbocycles. The number of benzene rings is 1. The molecule has 1 amide bonds. The first kappa shape index (κ1) is 19.4. The van der Waals surface area contributed by atoms with Crippen LogP contribution in [0.3, 0.4) is 0 Å². The van der Waals surface area contributed by atoms with Crippen molar-refractivity contribution in [3.8, 4) is 0 Å². The van der Waals surface area contributed by atoms with Gasteiger partial charge in [-0.1, -0.05) is 29.3 Å². The zero-order chi connectivity index (χ0) is 15.2. The van der Waals surface area contributed by atoms with Gasteiger partial charge in [0, 0.05) is 41.3 Å². The van der Waals surface area contributed by atoms with Crippen LogP contribution in [-0.2, 0) is 11.3 Å². The molecule has 0 radical (unpaired) electrons. The molecule has 1 heterocycles. The molecule has 4 nitrogen and oxygen atoms in total. The Balaban J connectivity index is 0.00000242. The number of hydrogen-bond acceptors (Lipinski definition) is 3. The Labute approximate surface area is 147 Å². The third kappa shape index (κ3) is 5.20. The van der Waals surface area contributed by atoms with E-state index in [4.69, 9.17) is 27.9 Å². The zero-order valence-corrected chi connectivity index (χ0v) is 14.8. The average Bonchev–Trinajstić information content (AvgIpc) is 2.47. The fourth-order valence-electron chi connectivity index (χ4n) is 2.43. The third-order valence-electron chi connectivity index (χ3n) is 3.65. The van der Waals surface area contributed by atoms with Crippen molar-refractivity contribution in [3.05, 3.63) is 33.8 Å². The molecule has 1 aliphatic rings. The van der Waals surface area contributed by atoms with Crippen molar-refractivity contribution >= 4 is 41.7 Å². The van der Waals surface area contributed by atoms with Gasteiger partial charge in [0.15, 0.2) is 0 Å². The summed E-state index contributed by atoms with van der Waals surface area (Å²) in [5.41, 5.74) is 0.925. The minimum atomic E-state index is -0.218. The van der Waals surface area contributed by atoms with E-state index in [1.165, 1.54) is 0 Å². The van der Waals surface area contributed by atoms with Crippen molar-refractivity contribution < 1.29 is 9.53 Å². The maximum absolute atomic E-state index is 11.6. The number of amides is 1. The van der Waals surface area contributed by atoms with E-state index in [9.17, 15) is 4.79 Å². The lowest BCUT2D eigenvalue weighted by molar-refractivity contribution is 0.0950. The molecule has 0 bridgehead atoms. The Kier molecular flexibility index (Phi) is 8.33. The van der Waals surface area contributed by atoms with Crippen LogP contribution >= 0.6 is 35.6 Å². The molecule has 0 spiro atoms. The van der Waals surface area contributed by atoms with Crippen LogP contribution in [0.5, 0.6) is 0 Å². The van der Waals surface area contributed by atoms with E-state index in [0.717, 1.165) is 18.4 Å². The summed E-state index contributed by atoms with van der Waals surface area (Å²) in [7, 11) is 0. The first-order valence-electron chi connectivity index (χ1n) is 7.19. The lowest BCUT2D eigenvalue weighted by Gasteiger charge is -2.31. The molecule has 22 heavy (non-hydrogen) atoms. The van der Waals surface area contributed by atoms with Crippen LogP contribution < -0.4 is 5.32 Å². The summed E-state index contributed by atoms with van der Waals surface area (Å²) >= 11 is 12.3. The Morgan fingerprint density at radius 3 is 2.45 bits per heavy atom. The number of piperidine rings is 1. The Morgan fingerprint density at radius 1 is 1.32 bits per heavy atom. The molecular weight excluding hydrogens is 347 g/mol. The summed E-state index contributed by atoms with van der Waals surface area (Å²) in [5.74, 6) is 0. The molecule has 1 saturated heterocycles. The van der Waals surface area contributed by atoms with E-state index in [1.807, 2.05) is 25.1 Å². The maximum Gasteiger partial charge on any atom is 0.409 e. The predicted octanol–water partition coefficient (Wildman–Crippen LogP) is 4.13. The van der Waals surface area contributed by atoms with Gasteiger partial charge in [0.05, 0.1) is 6.61 Å². The second kappa shape index (κ2) is 9.46. The highest BCUT2D eigenvalue weighted by Crippen LogP contribution is 2.24. The number of ether oxygens (including phenoxy) is 1. The summed E-state index contributed by atoms with van der Waals surface area (Å²) in [4.78, 5) is 13.4. The fraction of sp³-hybridized carbons (Fsp3) is 0.533. The molecule has 1 aromatic rings. The molecule has 0 aliphatic carbocycles. The number of likely N-dealkylation sites (tertiary alicyclic amines) is 1. The van der Waals surface area contributed by atoms with Crippen molar-refractivity contribution in [3.63, 3.8) is 0 Å². The minimum absolute atomic E-state index is 0. The van der Waals surface area contributed by atoms with Crippen molar-refractivity contribution in [2.24, 2.45) is 0 Å². The minimum Gasteiger partial charge on any atom is -0.450 e. The number of halogens is 3. The Bertz CT molecular complexity index is 471. The van der Waals surface area contributed by atoms with Crippen LogP contribution in [0.15, 0.2) is 18.2 Å². The quantitative estimate of drug-likeness (QED) is 0.870. The second-order valence-electron chi connectivity index (χ2n) is 5.04. The van der Waals surface area contributed by atoms with Gasteiger partial charge in [-0.05, 0) is 31.9 Å². The van der Waals surface area contributed by atoms with Crippen LogP contribution in [0.2, 0.25) is 10.0 Å². The van der Waals surface area contributed by atoms with Gasteiger partial charge >= 0.3 is 6.09 Å². The first-order valence-corrected chi connectivity index (χ1v) is 7.95. The van der Waals surface area contributed by atoms with Gasteiger partial charge in [-0.2, -0.15) is 0 Å². The van der Waals surface area contributed by atoms with Crippen molar-refractivity contribution in [1.82, 2.24) is 10.2 Å². The Morgan fingerprint density at radius 2 is 1.91 bits per heavy atom. The average molecular weight is 368 g/mol. The van der Waals surface area contributed by atoms with Gasteiger partial charge in [0.2, 0.25) is 0 Å². The SMILES string of the molecule is CCOC(=O)N1CCC(NCc2c(Cl)cccc2Cl)CC1.Cl. The highest BCUT2D eigenvalue weighted by molar-refractivity contribution is 6.35. The number of hydrogen-bond donors (Lipinski definition) is 1. The zero-order valence-electron chi connectivity index (χ0n) is 12.5. The van der Waals surface area contributed by atoms with Crippen molar-refractivity contribution in [2.45, 2.75) is 32.4 Å². The molecule has 7 heteroatoms. The number of carbonyl (C=O) groups is 1. The lowest BCUT2D eigenvalue weighted by atomic mass is 10.0. The van der Waals surface area contributed by atoms with Crippen LogP contribution in [0, 0.1) is 0 Å². The first-order chi connectivity index (χ1) is 10.1. The molecule has 1 fully saturated rings. The summed E-state index contributed by atoms with van der Waals surface area (Å²) in [6, 6.07) is 5.89. The molecule has 0 aromatic heterocycles. The van der Waals surface area contributed by atoms with Crippen molar-refractivity contribution in [2.75, 3.05) is 19.7 Å². The highest BCUT2D eigenvalue weighted by atomic mass is 35.5. The lowest BCUT2D eigenvalue weighted by Crippen LogP contribution is -2.44. The van der Waals surface area contributed by atoms with Gasteiger partial charge < -0.3 is 15.0 Å². The molecule has 1 aliphatic heterocycles. The summed E-state index contributed by atoms with van der Waals surface area (Å²) in [6.07, 6.45) is 1.59. The van der Waals surface area contributed by atoms with Gasteiger partial charge in [0.25, 0.3) is 0 Å². The summed E-state index contributed by atoms with van der Waals surface area (Å²) < 4.78 is 5.01. The summed E-state index contributed by atoms with van der Waals surface area (Å²) in [5, 5.41) is 4.82. The number of rotatable bonds is 4. The summed E-state index contributed by atoms with van der Waals surface area (Å²) in [6.45, 7) is 4.31. The van der Waals surface area contributed by atoms with E-state index in [0.29, 0.717) is 42.3 Å². The second-order valence-corrected chi connectivity index (χ2v) is 5.86. The van der Waals surface area contributed by atoms with E-state index < -0.39 is 0 Å². The maximum atomic E-state index is 11.6. The smallest absolute Gasteiger partial charge is 0.409 e. The van der Waals surface area contributed by atoms with E-state index in [2.05, 4.69) is 5.32 Å². The molecule has 2 rings (SSSR count). The van der Waals surface area contributed by atoms with Gasteiger partial charge in [-0.3, -0.25) is 0 Å². The molecule has 1 N–H and O–H groups in total. The Hall–Kier alpha value is -0.680. The number of carbonyl (C=O) groups excluding carboxylic acids is 1. The predicted molar refractivity (Wildman–Crippen MR) is 92.2 cm³/mol. The standard InChI is InChI=1S/C15H20Cl2N2O2.ClH/c1-2-21-15(20)19-8-6-11(7-9-19)18-10-12-13(16)4-3-5-14(12)17;/h3-5,11,18H,2,6-10H2,1H3;1H. The molecule has 1 aromatic carbocycles. The molecule has 0 unspecified atom stereocenters. The van der Waals surface area contributed by atoms with Gasteiger partial charge in [-0.25, -0.2) is 4.79 Å². The number of nitrogens with zero attached hydrogens (tertiary/aromatic N) is 1. The van der Waals surface area contributed by atoms with Gasteiger partial charge in [-0.15, -0.1) is 12.4 Å². The van der Waals surface area contributed by atoms with Crippen LogP contribution in [0.25, 0.3) is 0 Å². The number of nitrogens with one attached hydrogen (secondary N) is 1. The highest BCUT2D eigenvalue weighted by Gasteiger charge is 2.23. The molecule has 0 atom stereocenters. The third-order valence-corrected chi connectivity index (χ3v) is 4.36. The van der Waals surface area contributed by atoms with Crippen LogP contribution in [-0.4, -0.2) is 36.7 Å². The van der Waals surface area contributed by atoms with Crippen LogP contribution in [0.4, 0.5) is 4.79 Å². The molecule has 124 valence electrons. The van der Waals surface area contributed by atoms with Crippen LogP contribution in [0.1, 0.15) is 25.3 Å². The largest absolute Gasteiger partial charge is 0.450 e. The topological polar surface area (TPSA) is 41.6 Å². The van der Waals surface area contributed by atoms with E-state index in [-0.39, 0.29) is 18.5 Å². The fourth-order valence-corrected chi connectivity index (χ4v) is 2.96. The van der Waals surface area contributed by atoms with E-state index in [1.54, 1.807) is 4.90 Å². The monoisotopic (exact) mass is 366 g/mol. The normalized spacial score (nSPS) is 15.3. The molecular formula is C15H21Cl3N2O2.